The maximum Gasteiger partial charge on any atom is 0.0861 e. The Labute approximate surface area is 120 Å². The molecule has 1 aromatic rings. The summed E-state index contributed by atoms with van der Waals surface area (Å²) in [6.45, 7) is 4.12. The van der Waals surface area contributed by atoms with Crippen LogP contribution in [-0.2, 0) is 6.42 Å². The third-order valence-corrected chi connectivity index (χ3v) is 4.66. The van der Waals surface area contributed by atoms with Crippen molar-refractivity contribution in [1.29, 1.82) is 0 Å². The number of nitrogens with one attached hydrogen (secondary N) is 1. The highest BCUT2D eigenvalue weighted by Gasteiger charge is 2.18. The largest absolute Gasteiger partial charge is 0.394 e. The first kappa shape index (κ1) is 16.5. The summed E-state index contributed by atoms with van der Waals surface area (Å²) in [6, 6.07) is 8.92. The zero-order chi connectivity index (χ0) is 14.3. The molecule has 0 spiro atoms. The van der Waals surface area contributed by atoms with Gasteiger partial charge in [-0.15, -0.1) is 0 Å². The molecule has 0 aliphatic heterocycles. The summed E-state index contributed by atoms with van der Waals surface area (Å²) in [5, 5.41) is 21.9. The highest BCUT2D eigenvalue weighted by molar-refractivity contribution is 7.99. The lowest BCUT2D eigenvalue weighted by atomic mass is 10.0. The molecule has 108 valence electrons. The van der Waals surface area contributed by atoms with Gasteiger partial charge in [-0.2, -0.15) is 11.8 Å². The van der Waals surface area contributed by atoms with Crippen molar-refractivity contribution in [3.8, 4) is 0 Å². The second-order valence-corrected chi connectivity index (χ2v) is 6.15. The minimum Gasteiger partial charge on any atom is -0.394 e. The molecule has 0 radical (unpaired) electrons. The molecule has 3 unspecified atom stereocenters. The zero-order valence-corrected chi connectivity index (χ0v) is 12.8. The Kier molecular flexibility index (Phi) is 7.46. The summed E-state index contributed by atoms with van der Waals surface area (Å²) in [5.74, 6) is 0.558. The highest BCUT2D eigenvalue weighted by Crippen LogP contribution is 2.27. The summed E-state index contributed by atoms with van der Waals surface area (Å²) in [6.07, 6.45) is 0.421. The number of aryl methyl sites for hydroxylation is 1. The van der Waals surface area contributed by atoms with Gasteiger partial charge in [-0.3, -0.25) is 0 Å². The maximum absolute atomic E-state index is 9.41. The van der Waals surface area contributed by atoms with E-state index in [-0.39, 0.29) is 12.6 Å². The lowest BCUT2D eigenvalue weighted by molar-refractivity contribution is 0.113. The number of aliphatic hydroxyl groups excluding tert-OH is 2. The van der Waals surface area contributed by atoms with Gasteiger partial charge in [0, 0.05) is 17.0 Å². The molecule has 19 heavy (non-hydrogen) atoms. The Morgan fingerprint density at radius 1 is 1.26 bits per heavy atom. The van der Waals surface area contributed by atoms with Crippen LogP contribution in [-0.4, -0.2) is 41.0 Å². The molecule has 4 heteroatoms. The van der Waals surface area contributed by atoms with E-state index in [9.17, 15) is 5.11 Å². The fourth-order valence-electron chi connectivity index (χ4n) is 2.04. The monoisotopic (exact) mass is 283 g/mol. The van der Waals surface area contributed by atoms with Gasteiger partial charge >= 0.3 is 0 Å². The minimum atomic E-state index is -0.632. The predicted octanol–water partition coefficient (Wildman–Crippen LogP) is 1.98. The SMILES string of the molecule is CCc1ccc(C(NC)C(C)SCC(O)CO)cc1. The molecule has 0 aromatic heterocycles. The van der Waals surface area contributed by atoms with Crippen molar-refractivity contribution in [3.05, 3.63) is 35.4 Å². The van der Waals surface area contributed by atoms with Crippen LogP contribution in [0.1, 0.15) is 31.0 Å². The third kappa shape index (κ3) is 5.15. The first-order valence-corrected chi connectivity index (χ1v) is 7.83. The van der Waals surface area contributed by atoms with Crippen molar-refractivity contribution in [3.63, 3.8) is 0 Å². The first-order valence-electron chi connectivity index (χ1n) is 6.79. The molecule has 0 amide bonds. The summed E-state index contributed by atoms with van der Waals surface area (Å²) in [7, 11) is 1.96. The van der Waals surface area contributed by atoms with Gasteiger partial charge in [0.25, 0.3) is 0 Å². The molecular formula is C15H25NO2S. The van der Waals surface area contributed by atoms with Crippen LogP contribution in [0, 0.1) is 0 Å². The van der Waals surface area contributed by atoms with Crippen LogP contribution in [0.15, 0.2) is 24.3 Å². The van der Waals surface area contributed by atoms with Gasteiger partial charge in [-0.1, -0.05) is 38.1 Å². The van der Waals surface area contributed by atoms with E-state index in [0.717, 1.165) is 6.42 Å². The molecule has 0 aliphatic rings. The third-order valence-electron chi connectivity index (χ3n) is 3.29. The molecule has 1 aromatic carbocycles. The summed E-state index contributed by atoms with van der Waals surface area (Å²) >= 11 is 1.67. The average molecular weight is 283 g/mol. The van der Waals surface area contributed by atoms with Gasteiger partial charge in [0.05, 0.1) is 12.7 Å². The van der Waals surface area contributed by atoms with E-state index >= 15 is 0 Å². The molecule has 3 nitrogen and oxygen atoms in total. The fraction of sp³-hybridized carbons (Fsp3) is 0.600. The van der Waals surface area contributed by atoms with E-state index in [2.05, 4.69) is 43.4 Å². The van der Waals surface area contributed by atoms with Crippen LogP contribution in [0.3, 0.4) is 0 Å². The molecule has 0 saturated heterocycles. The Bertz CT molecular complexity index is 356. The molecule has 0 saturated carbocycles. The van der Waals surface area contributed by atoms with Gasteiger partial charge < -0.3 is 15.5 Å². The molecular weight excluding hydrogens is 258 g/mol. The van der Waals surface area contributed by atoms with Crippen molar-refractivity contribution in [2.75, 3.05) is 19.4 Å². The van der Waals surface area contributed by atoms with Crippen molar-refractivity contribution in [2.45, 2.75) is 37.7 Å². The van der Waals surface area contributed by atoms with E-state index in [1.54, 1.807) is 11.8 Å². The van der Waals surface area contributed by atoms with Gasteiger partial charge in [0.1, 0.15) is 0 Å². The molecule has 0 bridgehead atoms. The van der Waals surface area contributed by atoms with Crippen molar-refractivity contribution in [1.82, 2.24) is 5.32 Å². The van der Waals surface area contributed by atoms with Gasteiger partial charge in [-0.05, 0) is 24.6 Å². The number of benzene rings is 1. The summed E-state index contributed by atoms with van der Waals surface area (Å²) in [4.78, 5) is 0. The van der Waals surface area contributed by atoms with Crippen LogP contribution in [0.2, 0.25) is 0 Å². The lowest BCUT2D eigenvalue weighted by Gasteiger charge is -2.24. The smallest absolute Gasteiger partial charge is 0.0861 e. The lowest BCUT2D eigenvalue weighted by Crippen LogP contribution is -2.27. The molecule has 1 rings (SSSR count). The second kappa shape index (κ2) is 8.59. The van der Waals surface area contributed by atoms with E-state index < -0.39 is 6.10 Å². The van der Waals surface area contributed by atoms with Crippen molar-refractivity contribution in [2.24, 2.45) is 0 Å². The maximum atomic E-state index is 9.41. The van der Waals surface area contributed by atoms with Crippen molar-refractivity contribution < 1.29 is 10.2 Å². The quantitative estimate of drug-likeness (QED) is 0.683. The van der Waals surface area contributed by atoms with E-state index in [1.807, 2.05) is 7.05 Å². The van der Waals surface area contributed by atoms with Gasteiger partial charge in [0.2, 0.25) is 0 Å². The zero-order valence-electron chi connectivity index (χ0n) is 12.0. The molecule has 0 fully saturated rings. The van der Waals surface area contributed by atoms with Crippen LogP contribution < -0.4 is 5.32 Å². The highest BCUT2D eigenvalue weighted by atomic mass is 32.2. The molecule has 0 heterocycles. The topological polar surface area (TPSA) is 52.5 Å². The van der Waals surface area contributed by atoms with E-state index in [1.165, 1.54) is 11.1 Å². The molecule has 0 aliphatic carbocycles. The van der Waals surface area contributed by atoms with Crippen LogP contribution in [0.25, 0.3) is 0 Å². The minimum absolute atomic E-state index is 0.171. The van der Waals surface area contributed by atoms with Gasteiger partial charge in [-0.25, -0.2) is 0 Å². The second-order valence-electron chi connectivity index (χ2n) is 4.74. The predicted molar refractivity (Wildman–Crippen MR) is 82.6 cm³/mol. The molecule has 3 N–H and O–H groups in total. The first-order chi connectivity index (χ1) is 9.12. The standard InChI is InChI=1S/C15H25NO2S/c1-4-12-5-7-13(8-6-12)15(16-3)11(2)19-10-14(18)9-17/h5-8,11,14-18H,4,9-10H2,1-3H3. The Morgan fingerprint density at radius 2 is 1.89 bits per heavy atom. The number of hydrogen-bond acceptors (Lipinski definition) is 4. The van der Waals surface area contributed by atoms with Gasteiger partial charge in [0.15, 0.2) is 0 Å². The van der Waals surface area contributed by atoms with Crippen LogP contribution in [0.5, 0.6) is 0 Å². The number of thioether (sulfide) groups is 1. The number of rotatable bonds is 8. The van der Waals surface area contributed by atoms with E-state index in [4.69, 9.17) is 5.11 Å². The average Bonchev–Trinajstić information content (AvgIpc) is 2.46. The molecule has 3 atom stereocenters. The fourth-order valence-corrected chi connectivity index (χ4v) is 3.16. The van der Waals surface area contributed by atoms with Crippen LogP contribution in [0.4, 0.5) is 0 Å². The number of hydrogen-bond donors (Lipinski definition) is 3. The Morgan fingerprint density at radius 3 is 2.37 bits per heavy atom. The van der Waals surface area contributed by atoms with Crippen molar-refractivity contribution >= 4 is 11.8 Å². The summed E-state index contributed by atoms with van der Waals surface area (Å²) in [5.41, 5.74) is 2.60. The van der Waals surface area contributed by atoms with Crippen LogP contribution >= 0.6 is 11.8 Å². The Hall–Kier alpha value is -0.550. The summed E-state index contributed by atoms with van der Waals surface area (Å²) < 4.78 is 0. The normalized spacial score (nSPS) is 16.1. The number of aliphatic hydroxyl groups is 2. The van der Waals surface area contributed by atoms with E-state index in [0.29, 0.717) is 11.0 Å². The Balaban J connectivity index is 2.64.